The average molecular weight is 455 g/mol. The molecule has 184 valence electrons. The van der Waals surface area contributed by atoms with Crippen molar-refractivity contribution in [3.05, 3.63) is 12.2 Å². The first-order valence-corrected chi connectivity index (χ1v) is 13.7. The van der Waals surface area contributed by atoms with Gasteiger partial charge in [-0.1, -0.05) is 46.8 Å². The van der Waals surface area contributed by atoms with Gasteiger partial charge in [0.15, 0.2) is 0 Å². The normalized spacial score (nSPS) is 52.8. The molecule has 33 heavy (non-hydrogen) atoms. The lowest BCUT2D eigenvalue weighted by molar-refractivity contribution is -0.235. The number of carbonyl (C=O) groups is 2. The van der Waals surface area contributed by atoms with E-state index in [0.29, 0.717) is 29.5 Å². The van der Waals surface area contributed by atoms with Crippen LogP contribution in [-0.2, 0) is 9.59 Å². The monoisotopic (exact) mass is 454 g/mol. The zero-order valence-electron chi connectivity index (χ0n) is 21.9. The van der Waals surface area contributed by atoms with Gasteiger partial charge in [-0.2, -0.15) is 0 Å². The van der Waals surface area contributed by atoms with Gasteiger partial charge in [-0.15, -0.1) is 0 Å². The first-order valence-electron chi connectivity index (χ1n) is 13.7. The lowest BCUT2D eigenvalue weighted by Gasteiger charge is -2.72. The number of carbonyl (C=O) groups excluding carboxylic acids is 1. The summed E-state index contributed by atoms with van der Waals surface area (Å²) in [6, 6.07) is 0. The summed E-state index contributed by atoms with van der Waals surface area (Å²) in [5.41, 5.74) is 1.03. The third kappa shape index (κ3) is 2.69. The van der Waals surface area contributed by atoms with E-state index < -0.39 is 11.4 Å². The predicted molar refractivity (Wildman–Crippen MR) is 132 cm³/mol. The minimum Gasteiger partial charge on any atom is -0.481 e. The lowest BCUT2D eigenvalue weighted by Crippen LogP contribution is -2.66. The van der Waals surface area contributed by atoms with Gasteiger partial charge in [0.1, 0.15) is 5.78 Å². The molecule has 1 N–H and O–H groups in total. The van der Waals surface area contributed by atoms with E-state index in [-0.39, 0.29) is 27.6 Å². The van der Waals surface area contributed by atoms with E-state index in [9.17, 15) is 14.7 Å². The van der Waals surface area contributed by atoms with E-state index in [2.05, 4.69) is 48.1 Å². The van der Waals surface area contributed by atoms with E-state index in [1.807, 2.05) is 0 Å². The molecule has 3 unspecified atom stereocenters. The van der Waals surface area contributed by atoms with Crippen LogP contribution in [0.1, 0.15) is 106 Å². The van der Waals surface area contributed by atoms with E-state index in [0.717, 1.165) is 51.4 Å². The van der Waals surface area contributed by atoms with Crippen molar-refractivity contribution in [1.82, 2.24) is 0 Å². The van der Waals surface area contributed by atoms with Gasteiger partial charge in [-0.25, -0.2) is 0 Å². The lowest BCUT2D eigenvalue weighted by atomic mass is 9.32. The maximum atomic E-state index is 12.9. The summed E-state index contributed by atoms with van der Waals surface area (Å²) in [5, 5.41) is 10.5. The molecule has 0 saturated heterocycles. The second-order valence-corrected chi connectivity index (χ2v) is 14.3. The fourth-order valence-electron chi connectivity index (χ4n) is 11.3. The highest BCUT2D eigenvalue weighted by molar-refractivity contribution is 5.85. The Bertz CT molecular complexity index is 902. The summed E-state index contributed by atoms with van der Waals surface area (Å²) in [4.78, 5) is 25.7. The van der Waals surface area contributed by atoms with Crippen molar-refractivity contribution in [2.24, 2.45) is 56.7 Å². The highest BCUT2D eigenvalue weighted by atomic mass is 16.4. The number of Topliss-reactive ketones (excluding diaryl/α,β-unsaturated/α-hetero) is 1. The summed E-state index contributed by atoms with van der Waals surface area (Å²) in [6.07, 6.45) is 10.1. The number of aliphatic carboxylic acids is 1. The molecular formula is C30H46O3. The van der Waals surface area contributed by atoms with Crippen molar-refractivity contribution >= 4 is 11.8 Å². The summed E-state index contributed by atoms with van der Waals surface area (Å²) in [5.74, 6) is 2.07. The maximum absolute atomic E-state index is 12.9. The minimum absolute atomic E-state index is 0.164. The fraction of sp³-hybridized carbons (Fsp3) is 0.867. The minimum atomic E-state index is -0.547. The van der Waals surface area contributed by atoms with Gasteiger partial charge in [0, 0.05) is 11.8 Å². The zero-order chi connectivity index (χ0) is 24.2. The first-order chi connectivity index (χ1) is 15.3. The second kappa shape index (κ2) is 6.97. The van der Waals surface area contributed by atoms with E-state index in [1.165, 1.54) is 18.4 Å². The zero-order valence-corrected chi connectivity index (χ0v) is 21.9. The van der Waals surface area contributed by atoms with Gasteiger partial charge in [-0.3, -0.25) is 9.59 Å². The van der Waals surface area contributed by atoms with Crippen LogP contribution in [0.3, 0.4) is 0 Å². The van der Waals surface area contributed by atoms with Gasteiger partial charge in [0.25, 0.3) is 0 Å². The fourth-order valence-corrected chi connectivity index (χ4v) is 11.3. The first kappa shape index (κ1) is 23.6. The summed E-state index contributed by atoms with van der Waals surface area (Å²) >= 11 is 0. The standard InChI is InChI=1S/C30H46O3/c1-18(2)19-10-15-30(25(32)33)17-16-28(6)20(24(19)30)8-9-22-27(5)13-12-23(31)26(3,4)21(27)11-14-29(22,28)7/h19-22,24H,1,8-17H2,2-7H3,(H,32,33)/t19?,20?,21-,22+,24?,27-,28+,29+,30-/m0/s1. The van der Waals surface area contributed by atoms with Gasteiger partial charge in [0.2, 0.25) is 0 Å². The quantitative estimate of drug-likeness (QED) is 0.445. The Kier molecular flexibility index (Phi) is 4.99. The molecule has 0 bridgehead atoms. The SMILES string of the molecule is C=C(C)C1CC[C@]2(C(=O)O)CC[C@]3(C)C(CC[C@@H]4[C@@]5(C)CCC(=O)C(C)(C)[C@@H]5CC[C@]43C)C12. The van der Waals surface area contributed by atoms with Gasteiger partial charge in [0.05, 0.1) is 5.41 Å². The van der Waals surface area contributed by atoms with Gasteiger partial charge >= 0.3 is 5.97 Å². The number of fused-ring (bicyclic) bond motifs is 7. The smallest absolute Gasteiger partial charge is 0.309 e. The maximum Gasteiger partial charge on any atom is 0.309 e. The highest BCUT2D eigenvalue weighted by Gasteiger charge is 2.72. The van der Waals surface area contributed by atoms with Crippen LogP contribution in [0.15, 0.2) is 12.2 Å². The molecular weight excluding hydrogens is 408 g/mol. The predicted octanol–water partition coefficient (Wildman–Crippen LogP) is 7.30. The topological polar surface area (TPSA) is 54.4 Å². The molecule has 5 rings (SSSR count). The van der Waals surface area contributed by atoms with E-state index >= 15 is 0 Å². The van der Waals surface area contributed by atoms with Gasteiger partial charge < -0.3 is 5.11 Å². The molecule has 5 fully saturated rings. The Hall–Kier alpha value is -1.12. The molecule has 5 saturated carbocycles. The molecule has 0 spiro atoms. The van der Waals surface area contributed by atoms with Crippen LogP contribution in [-0.4, -0.2) is 16.9 Å². The average Bonchev–Trinajstić information content (AvgIpc) is 3.13. The summed E-state index contributed by atoms with van der Waals surface area (Å²) in [6.45, 7) is 18.5. The number of hydrogen-bond acceptors (Lipinski definition) is 2. The molecule has 0 radical (unpaired) electrons. The Morgan fingerprint density at radius 3 is 2.21 bits per heavy atom. The molecule has 0 aromatic rings. The Morgan fingerprint density at radius 1 is 0.879 bits per heavy atom. The summed E-state index contributed by atoms with van der Waals surface area (Å²) < 4.78 is 0. The Labute approximate surface area is 201 Å². The van der Waals surface area contributed by atoms with Crippen molar-refractivity contribution in [2.75, 3.05) is 0 Å². The van der Waals surface area contributed by atoms with Crippen molar-refractivity contribution in [1.29, 1.82) is 0 Å². The van der Waals surface area contributed by atoms with E-state index in [1.54, 1.807) is 0 Å². The largest absolute Gasteiger partial charge is 0.481 e. The molecule has 0 aromatic heterocycles. The molecule has 0 aromatic carbocycles. The van der Waals surface area contributed by atoms with Crippen LogP contribution in [0.25, 0.3) is 0 Å². The van der Waals surface area contributed by atoms with Crippen LogP contribution in [0.2, 0.25) is 0 Å². The summed E-state index contributed by atoms with van der Waals surface area (Å²) in [7, 11) is 0. The van der Waals surface area contributed by atoms with Crippen molar-refractivity contribution in [3.63, 3.8) is 0 Å². The van der Waals surface area contributed by atoms with Crippen molar-refractivity contribution < 1.29 is 14.7 Å². The number of allylic oxidation sites excluding steroid dienone is 1. The van der Waals surface area contributed by atoms with Crippen molar-refractivity contribution in [2.45, 2.75) is 106 Å². The molecule has 0 heterocycles. The Balaban J connectivity index is 1.57. The van der Waals surface area contributed by atoms with Crippen LogP contribution >= 0.6 is 0 Å². The molecule has 9 atom stereocenters. The van der Waals surface area contributed by atoms with Gasteiger partial charge in [-0.05, 0) is 111 Å². The van der Waals surface area contributed by atoms with Crippen LogP contribution < -0.4 is 0 Å². The molecule has 3 nitrogen and oxygen atoms in total. The van der Waals surface area contributed by atoms with E-state index in [4.69, 9.17) is 0 Å². The van der Waals surface area contributed by atoms with Crippen LogP contribution in [0.5, 0.6) is 0 Å². The number of rotatable bonds is 2. The molecule has 5 aliphatic carbocycles. The third-order valence-corrected chi connectivity index (χ3v) is 13.2. The van der Waals surface area contributed by atoms with Crippen LogP contribution in [0.4, 0.5) is 0 Å². The Morgan fingerprint density at radius 2 is 1.58 bits per heavy atom. The number of carboxylic acid groups (broad SMARTS) is 1. The third-order valence-electron chi connectivity index (χ3n) is 13.2. The number of carboxylic acids is 1. The second-order valence-electron chi connectivity index (χ2n) is 14.3. The molecule has 0 amide bonds. The highest BCUT2D eigenvalue weighted by Crippen LogP contribution is 2.77. The number of ketones is 1. The van der Waals surface area contributed by atoms with Crippen molar-refractivity contribution in [3.8, 4) is 0 Å². The van der Waals surface area contributed by atoms with Crippen LogP contribution in [0, 0.1) is 56.7 Å². The molecule has 3 heteroatoms. The molecule has 5 aliphatic rings. The number of hydrogen-bond donors (Lipinski definition) is 1. The molecule has 0 aliphatic heterocycles.